The summed E-state index contributed by atoms with van der Waals surface area (Å²) in [7, 11) is 0. The Balaban J connectivity index is 2.30. The molecule has 0 aliphatic rings. The summed E-state index contributed by atoms with van der Waals surface area (Å²) < 4.78 is 15.2. The van der Waals surface area contributed by atoms with Gasteiger partial charge in [-0.2, -0.15) is 0 Å². The second kappa shape index (κ2) is 6.87. The first kappa shape index (κ1) is 15.0. The lowest BCUT2D eigenvalue weighted by Crippen LogP contribution is -2.21. The summed E-state index contributed by atoms with van der Waals surface area (Å²) >= 11 is 0. The molecular formula is C17H16FNO2. The summed E-state index contributed by atoms with van der Waals surface area (Å²) in [4.78, 5) is 12.0. The number of rotatable bonds is 3. The zero-order valence-corrected chi connectivity index (χ0v) is 11.8. The number of nitrogens with zero attached hydrogens (tertiary/aromatic N) is 1. The Hall–Kier alpha value is -2.38. The third kappa shape index (κ3) is 4.04. The van der Waals surface area contributed by atoms with E-state index < -0.39 is 0 Å². The average Bonchev–Trinajstić information content (AvgIpc) is 2.44. The first-order valence-corrected chi connectivity index (χ1v) is 6.65. The van der Waals surface area contributed by atoms with E-state index in [0.29, 0.717) is 29.7 Å². The van der Waals surface area contributed by atoms with Crippen LogP contribution in [0.15, 0.2) is 41.3 Å². The molecule has 4 heteroatoms. The molecule has 2 aromatic rings. The molecule has 0 unspecified atom stereocenters. The Labute approximate surface area is 122 Å². The maximum absolute atomic E-state index is 13.6. The van der Waals surface area contributed by atoms with Crippen LogP contribution < -0.4 is 5.56 Å². The van der Waals surface area contributed by atoms with Crippen LogP contribution in [0.5, 0.6) is 0 Å². The van der Waals surface area contributed by atoms with Crippen LogP contribution in [0.25, 0.3) is 0 Å². The largest absolute Gasteiger partial charge is 0.395 e. The van der Waals surface area contributed by atoms with Gasteiger partial charge in [0.05, 0.1) is 13.2 Å². The zero-order chi connectivity index (χ0) is 15.2. The number of aryl methyl sites for hydroxylation is 1. The first-order valence-electron chi connectivity index (χ1n) is 6.65. The lowest BCUT2D eigenvalue weighted by atomic mass is 10.1. The number of aliphatic hydroxyl groups is 1. The van der Waals surface area contributed by atoms with Crippen LogP contribution >= 0.6 is 0 Å². The van der Waals surface area contributed by atoms with E-state index in [-0.39, 0.29) is 18.0 Å². The summed E-state index contributed by atoms with van der Waals surface area (Å²) in [6.07, 6.45) is 2.03. The SMILES string of the molecule is Cc1cccn(Cc2cc(F)cc(C#CCCO)c2)c1=O. The fraction of sp³-hybridized carbons (Fsp3) is 0.235. The molecule has 0 atom stereocenters. The summed E-state index contributed by atoms with van der Waals surface area (Å²) in [5, 5.41) is 8.69. The van der Waals surface area contributed by atoms with Crippen LogP contribution in [0.2, 0.25) is 0 Å². The number of aliphatic hydroxyl groups excluding tert-OH is 1. The van der Waals surface area contributed by atoms with Crippen molar-refractivity contribution in [3.05, 3.63) is 69.4 Å². The summed E-state index contributed by atoms with van der Waals surface area (Å²) in [6.45, 7) is 2.02. The highest BCUT2D eigenvalue weighted by molar-refractivity contribution is 5.38. The van der Waals surface area contributed by atoms with Gasteiger partial charge in [0.25, 0.3) is 5.56 Å². The van der Waals surface area contributed by atoms with Crippen molar-refractivity contribution < 1.29 is 9.50 Å². The highest BCUT2D eigenvalue weighted by Crippen LogP contribution is 2.10. The van der Waals surface area contributed by atoms with Crippen LogP contribution in [-0.2, 0) is 6.54 Å². The number of hydrogen-bond acceptors (Lipinski definition) is 2. The van der Waals surface area contributed by atoms with E-state index >= 15 is 0 Å². The van der Waals surface area contributed by atoms with Crippen molar-refractivity contribution in [2.24, 2.45) is 0 Å². The number of aromatic nitrogens is 1. The minimum atomic E-state index is -0.387. The molecule has 0 radical (unpaired) electrons. The zero-order valence-electron chi connectivity index (χ0n) is 11.8. The normalized spacial score (nSPS) is 10.0. The third-order valence-electron chi connectivity index (χ3n) is 2.99. The van der Waals surface area contributed by atoms with E-state index in [1.807, 2.05) is 0 Å². The number of benzene rings is 1. The molecule has 0 saturated carbocycles. The molecule has 3 nitrogen and oxygen atoms in total. The fourth-order valence-electron chi connectivity index (χ4n) is 2.01. The molecule has 2 rings (SSSR count). The Morgan fingerprint density at radius 1 is 1.33 bits per heavy atom. The monoisotopic (exact) mass is 285 g/mol. The Morgan fingerprint density at radius 2 is 2.14 bits per heavy atom. The van der Waals surface area contributed by atoms with E-state index in [2.05, 4.69) is 11.8 Å². The van der Waals surface area contributed by atoms with Gasteiger partial charge in [-0.05, 0) is 36.8 Å². The van der Waals surface area contributed by atoms with Gasteiger partial charge >= 0.3 is 0 Å². The van der Waals surface area contributed by atoms with Gasteiger partial charge in [-0.25, -0.2) is 4.39 Å². The fourth-order valence-corrected chi connectivity index (χ4v) is 2.01. The lowest BCUT2D eigenvalue weighted by molar-refractivity contribution is 0.305. The molecule has 1 N–H and O–H groups in total. The molecule has 0 fully saturated rings. The maximum atomic E-state index is 13.6. The van der Waals surface area contributed by atoms with Crippen molar-refractivity contribution >= 4 is 0 Å². The topological polar surface area (TPSA) is 42.2 Å². The van der Waals surface area contributed by atoms with Crippen LogP contribution in [0, 0.1) is 24.6 Å². The first-order chi connectivity index (χ1) is 10.1. The second-order valence-corrected chi connectivity index (χ2v) is 4.75. The highest BCUT2D eigenvalue weighted by Gasteiger charge is 2.03. The molecule has 108 valence electrons. The Morgan fingerprint density at radius 3 is 2.90 bits per heavy atom. The number of pyridine rings is 1. The van der Waals surface area contributed by atoms with E-state index in [1.54, 1.807) is 31.3 Å². The van der Waals surface area contributed by atoms with Gasteiger partial charge in [0.15, 0.2) is 0 Å². The molecule has 0 spiro atoms. The van der Waals surface area contributed by atoms with Crippen molar-refractivity contribution in [2.75, 3.05) is 6.61 Å². The van der Waals surface area contributed by atoms with Gasteiger partial charge in [0.1, 0.15) is 5.82 Å². The van der Waals surface area contributed by atoms with Crippen molar-refractivity contribution in [2.45, 2.75) is 19.9 Å². The maximum Gasteiger partial charge on any atom is 0.253 e. The van der Waals surface area contributed by atoms with Crippen molar-refractivity contribution in [1.29, 1.82) is 0 Å². The average molecular weight is 285 g/mol. The lowest BCUT2D eigenvalue weighted by Gasteiger charge is -2.07. The predicted molar refractivity (Wildman–Crippen MR) is 79.5 cm³/mol. The molecular weight excluding hydrogens is 269 g/mol. The van der Waals surface area contributed by atoms with Gasteiger partial charge in [-0.3, -0.25) is 4.79 Å². The van der Waals surface area contributed by atoms with Crippen molar-refractivity contribution in [1.82, 2.24) is 4.57 Å². The molecule has 0 aliphatic carbocycles. The van der Waals surface area contributed by atoms with E-state index in [0.717, 1.165) is 0 Å². The Kier molecular flexibility index (Phi) is 4.91. The molecule has 0 amide bonds. The molecule has 1 aromatic heterocycles. The van der Waals surface area contributed by atoms with Crippen molar-refractivity contribution in [3.8, 4) is 11.8 Å². The molecule has 0 aliphatic heterocycles. The van der Waals surface area contributed by atoms with Crippen LogP contribution in [-0.4, -0.2) is 16.3 Å². The van der Waals surface area contributed by atoms with E-state index in [1.165, 1.54) is 16.7 Å². The Bertz CT molecular complexity index is 753. The smallest absolute Gasteiger partial charge is 0.253 e. The standard InChI is InChI=1S/C17H16FNO2/c1-13-5-4-7-19(17(13)21)12-15-9-14(6-2-3-8-20)10-16(18)11-15/h4-5,7,9-11,20H,3,8,12H2,1H3. The minimum Gasteiger partial charge on any atom is -0.395 e. The molecule has 0 bridgehead atoms. The van der Waals surface area contributed by atoms with Crippen LogP contribution in [0.1, 0.15) is 23.1 Å². The predicted octanol–water partition coefficient (Wildman–Crippen LogP) is 2.08. The molecule has 1 aromatic carbocycles. The minimum absolute atomic E-state index is 0.0200. The van der Waals surface area contributed by atoms with Gasteiger partial charge in [0.2, 0.25) is 0 Å². The van der Waals surface area contributed by atoms with Gasteiger partial charge in [0, 0.05) is 23.7 Å². The highest BCUT2D eigenvalue weighted by atomic mass is 19.1. The molecule has 1 heterocycles. The van der Waals surface area contributed by atoms with Crippen LogP contribution in [0.4, 0.5) is 4.39 Å². The summed E-state index contributed by atoms with van der Waals surface area (Å²) in [6, 6.07) is 8.02. The number of hydrogen-bond donors (Lipinski definition) is 1. The van der Waals surface area contributed by atoms with Crippen LogP contribution in [0.3, 0.4) is 0 Å². The van der Waals surface area contributed by atoms with Crippen molar-refractivity contribution in [3.63, 3.8) is 0 Å². The molecule has 21 heavy (non-hydrogen) atoms. The quantitative estimate of drug-likeness (QED) is 0.877. The third-order valence-corrected chi connectivity index (χ3v) is 2.99. The summed E-state index contributed by atoms with van der Waals surface area (Å²) in [5.74, 6) is 5.17. The van der Waals surface area contributed by atoms with E-state index in [4.69, 9.17) is 5.11 Å². The van der Waals surface area contributed by atoms with Gasteiger partial charge in [-0.15, -0.1) is 0 Å². The summed E-state index contributed by atoms with van der Waals surface area (Å²) in [5.41, 5.74) is 1.78. The van der Waals surface area contributed by atoms with E-state index in [9.17, 15) is 9.18 Å². The van der Waals surface area contributed by atoms with Gasteiger partial charge in [-0.1, -0.05) is 17.9 Å². The van der Waals surface area contributed by atoms with Gasteiger partial charge < -0.3 is 9.67 Å². The second-order valence-electron chi connectivity index (χ2n) is 4.75. The molecule has 0 saturated heterocycles. The number of halogens is 1.